The van der Waals surface area contributed by atoms with Crippen LogP contribution in [0.3, 0.4) is 0 Å². The third kappa shape index (κ3) is 3.08. The van der Waals surface area contributed by atoms with Crippen molar-refractivity contribution in [3.63, 3.8) is 0 Å². The van der Waals surface area contributed by atoms with Crippen LogP contribution in [0.2, 0.25) is 0 Å². The first-order valence-electron chi connectivity index (χ1n) is 9.75. The first-order valence-corrected chi connectivity index (χ1v) is 9.75. The lowest BCUT2D eigenvalue weighted by Crippen LogP contribution is -2.44. The van der Waals surface area contributed by atoms with Crippen molar-refractivity contribution in [3.05, 3.63) is 58.4 Å². The molecule has 0 radical (unpaired) electrons. The highest BCUT2D eigenvalue weighted by molar-refractivity contribution is 5.35. The number of nitrogens with zero attached hydrogens (tertiary/aromatic N) is 5. The molecule has 0 saturated heterocycles. The number of halogens is 3. The van der Waals surface area contributed by atoms with Crippen molar-refractivity contribution >= 4 is 5.78 Å². The van der Waals surface area contributed by atoms with E-state index in [-0.39, 0.29) is 23.6 Å². The van der Waals surface area contributed by atoms with Gasteiger partial charge in [0.1, 0.15) is 11.6 Å². The Labute approximate surface area is 165 Å². The van der Waals surface area contributed by atoms with Crippen molar-refractivity contribution < 1.29 is 13.2 Å². The standard InChI is InChI=1S/C20H21F3N6/c1-10-26-20-25-7-11-8-28(9-19(11)29(20)27-10)12-2-3-13(18(24)4-12)14-5-16(22)17(23)6-15(14)21/h5-7,12-13,18H,2-4,8-9,24H2,1H3/t12-,13+,18-/m0/s1. The molecule has 1 saturated carbocycles. The van der Waals surface area contributed by atoms with Crippen molar-refractivity contribution in [1.29, 1.82) is 0 Å². The van der Waals surface area contributed by atoms with Crippen molar-refractivity contribution in [2.75, 3.05) is 0 Å². The molecule has 2 N–H and O–H groups in total. The highest BCUT2D eigenvalue weighted by Gasteiger charge is 2.36. The Kier molecular flexibility index (Phi) is 4.32. The maximum Gasteiger partial charge on any atom is 0.252 e. The second-order valence-corrected chi connectivity index (χ2v) is 8.03. The fourth-order valence-corrected chi connectivity index (χ4v) is 4.76. The first kappa shape index (κ1) is 18.5. The Morgan fingerprint density at radius 3 is 2.66 bits per heavy atom. The number of fused-ring (bicyclic) bond motifs is 3. The summed E-state index contributed by atoms with van der Waals surface area (Å²) in [6, 6.07) is 1.46. The minimum Gasteiger partial charge on any atom is -0.327 e. The summed E-state index contributed by atoms with van der Waals surface area (Å²) < 4.78 is 42.9. The molecule has 29 heavy (non-hydrogen) atoms. The fraction of sp³-hybridized carbons (Fsp3) is 0.450. The average Bonchev–Trinajstić information content (AvgIpc) is 3.27. The Morgan fingerprint density at radius 1 is 1.07 bits per heavy atom. The topological polar surface area (TPSA) is 72.3 Å². The summed E-state index contributed by atoms with van der Waals surface area (Å²) in [5.41, 5.74) is 8.74. The summed E-state index contributed by atoms with van der Waals surface area (Å²) >= 11 is 0. The van der Waals surface area contributed by atoms with Gasteiger partial charge < -0.3 is 5.73 Å². The van der Waals surface area contributed by atoms with Crippen LogP contribution in [0, 0.1) is 24.4 Å². The van der Waals surface area contributed by atoms with E-state index in [0.29, 0.717) is 30.5 Å². The van der Waals surface area contributed by atoms with Gasteiger partial charge >= 0.3 is 0 Å². The summed E-state index contributed by atoms with van der Waals surface area (Å²) in [6.07, 6.45) is 3.93. The number of aromatic nitrogens is 4. The molecule has 0 amide bonds. The maximum atomic E-state index is 14.2. The van der Waals surface area contributed by atoms with E-state index in [1.54, 1.807) is 4.52 Å². The van der Waals surface area contributed by atoms with E-state index in [2.05, 4.69) is 20.0 Å². The zero-order valence-electron chi connectivity index (χ0n) is 15.9. The van der Waals surface area contributed by atoms with Crippen molar-refractivity contribution in [1.82, 2.24) is 24.5 Å². The van der Waals surface area contributed by atoms with E-state index in [4.69, 9.17) is 5.73 Å². The summed E-state index contributed by atoms with van der Waals surface area (Å²) in [4.78, 5) is 11.0. The van der Waals surface area contributed by atoms with Gasteiger partial charge in [0, 0.05) is 48.9 Å². The first-order chi connectivity index (χ1) is 13.9. The van der Waals surface area contributed by atoms with Crippen LogP contribution < -0.4 is 5.73 Å². The largest absolute Gasteiger partial charge is 0.327 e. The predicted molar refractivity (Wildman–Crippen MR) is 99.4 cm³/mol. The normalized spacial score (nSPS) is 24.9. The molecule has 1 aliphatic carbocycles. The molecule has 3 heterocycles. The predicted octanol–water partition coefficient (Wildman–Crippen LogP) is 2.83. The van der Waals surface area contributed by atoms with Crippen molar-refractivity contribution in [3.8, 4) is 0 Å². The van der Waals surface area contributed by atoms with Gasteiger partial charge in [0.05, 0.1) is 5.69 Å². The third-order valence-corrected chi connectivity index (χ3v) is 6.21. The zero-order valence-corrected chi connectivity index (χ0v) is 15.9. The maximum absolute atomic E-state index is 14.2. The summed E-state index contributed by atoms with van der Waals surface area (Å²) in [7, 11) is 0. The Hall–Kier alpha value is -2.52. The van der Waals surface area contributed by atoms with Gasteiger partial charge in [-0.25, -0.2) is 18.2 Å². The Morgan fingerprint density at radius 2 is 1.86 bits per heavy atom. The number of hydrogen-bond donors (Lipinski definition) is 1. The van der Waals surface area contributed by atoms with Crippen LogP contribution in [0.5, 0.6) is 0 Å². The van der Waals surface area contributed by atoms with E-state index >= 15 is 0 Å². The van der Waals surface area contributed by atoms with E-state index in [0.717, 1.165) is 36.8 Å². The van der Waals surface area contributed by atoms with Gasteiger partial charge in [0.25, 0.3) is 5.78 Å². The molecule has 1 aliphatic heterocycles. The molecule has 0 spiro atoms. The van der Waals surface area contributed by atoms with Crippen LogP contribution in [0.1, 0.15) is 47.8 Å². The third-order valence-electron chi connectivity index (χ3n) is 6.21. The lowest BCUT2D eigenvalue weighted by molar-refractivity contribution is 0.136. The summed E-state index contributed by atoms with van der Waals surface area (Å²) in [5, 5.41) is 4.44. The molecule has 152 valence electrons. The summed E-state index contributed by atoms with van der Waals surface area (Å²) in [5.74, 6) is -1.99. The lowest BCUT2D eigenvalue weighted by atomic mass is 9.77. The summed E-state index contributed by atoms with van der Waals surface area (Å²) in [6.45, 7) is 3.31. The van der Waals surface area contributed by atoms with Gasteiger partial charge in [0.15, 0.2) is 11.6 Å². The van der Waals surface area contributed by atoms with Crippen LogP contribution in [0.4, 0.5) is 13.2 Å². The van der Waals surface area contributed by atoms with Gasteiger partial charge in [-0.15, -0.1) is 5.10 Å². The molecule has 2 aliphatic rings. The lowest BCUT2D eigenvalue weighted by Gasteiger charge is -2.38. The second-order valence-electron chi connectivity index (χ2n) is 8.03. The van der Waals surface area contributed by atoms with Gasteiger partial charge in [-0.05, 0) is 37.8 Å². The SMILES string of the molecule is Cc1nc2ncc3c(n2n1)CN([C@H]1CC[C@H](c2cc(F)c(F)cc2F)[C@@H](N)C1)C3. The smallest absolute Gasteiger partial charge is 0.252 e. The molecule has 1 aromatic carbocycles. The molecular formula is C20H21F3N6. The number of rotatable bonds is 2. The van der Waals surface area contributed by atoms with Crippen LogP contribution in [0.15, 0.2) is 18.3 Å². The molecular weight excluding hydrogens is 381 g/mol. The van der Waals surface area contributed by atoms with Crippen LogP contribution in [0.25, 0.3) is 5.78 Å². The van der Waals surface area contributed by atoms with Crippen LogP contribution in [-0.2, 0) is 13.1 Å². The number of aryl methyl sites for hydroxylation is 1. The van der Waals surface area contributed by atoms with E-state index in [1.165, 1.54) is 0 Å². The van der Waals surface area contributed by atoms with E-state index in [1.807, 2.05) is 13.1 Å². The van der Waals surface area contributed by atoms with Gasteiger partial charge in [-0.3, -0.25) is 4.90 Å². The molecule has 3 atom stereocenters. The molecule has 5 rings (SSSR count). The fourth-order valence-electron chi connectivity index (χ4n) is 4.76. The van der Waals surface area contributed by atoms with E-state index < -0.39 is 17.5 Å². The molecule has 1 fully saturated rings. The molecule has 0 bridgehead atoms. The second kappa shape index (κ2) is 6.77. The quantitative estimate of drug-likeness (QED) is 0.668. The Bertz CT molecular complexity index is 1100. The minimum atomic E-state index is -1.17. The van der Waals surface area contributed by atoms with Crippen LogP contribution in [-0.4, -0.2) is 36.6 Å². The highest BCUT2D eigenvalue weighted by Crippen LogP contribution is 2.38. The van der Waals surface area contributed by atoms with Crippen molar-refractivity contribution in [2.45, 2.75) is 57.3 Å². The number of benzene rings is 1. The monoisotopic (exact) mass is 402 g/mol. The van der Waals surface area contributed by atoms with Crippen molar-refractivity contribution in [2.24, 2.45) is 5.73 Å². The molecule has 9 heteroatoms. The van der Waals surface area contributed by atoms with Crippen LogP contribution >= 0.6 is 0 Å². The average molecular weight is 402 g/mol. The van der Waals surface area contributed by atoms with Gasteiger partial charge in [-0.1, -0.05) is 0 Å². The molecule has 0 unspecified atom stereocenters. The number of nitrogens with two attached hydrogens (primary N) is 1. The molecule has 3 aromatic rings. The number of hydrogen-bond acceptors (Lipinski definition) is 5. The van der Waals surface area contributed by atoms with Gasteiger partial charge in [-0.2, -0.15) is 9.50 Å². The molecule has 6 nitrogen and oxygen atoms in total. The highest BCUT2D eigenvalue weighted by atomic mass is 19.2. The Balaban J connectivity index is 1.34. The van der Waals surface area contributed by atoms with Gasteiger partial charge in [0.2, 0.25) is 0 Å². The minimum absolute atomic E-state index is 0.170. The van der Waals surface area contributed by atoms with E-state index in [9.17, 15) is 13.2 Å². The molecule has 2 aromatic heterocycles. The zero-order chi connectivity index (χ0) is 20.3.